The Hall–Kier alpha value is -0.900. The predicted octanol–water partition coefficient (Wildman–Crippen LogP) is 0.926. The fourth-order valence-electron chi connectivity index (χ4n) is 1.79. The Morgan fingerprint density at radius 3 is 2.87 bits per heavy atom. The predicted molar refractivity (Wildman–Crippen MR) is 58.5 cm³/mol. The minimum atomic E-state index is -0.373. The van der Waals surface area contributed by atoms with E-state index in [-0.39, 0.29) is 12.2 Å². The number of ether oxygens (including phenoxy) is 1. The molecule has 0 aliphatic carbocycles. The van der Waals surface area contributed by atoms with E-state index in [4.69, 9.17) is 4.74 Å². The van der Waals surface area contributed by atoms with E-state index in [2.05, 4.69) is 5.32 Å². The number of benzene rings is 1. The summed E-state index contributed by atoms with van der Waals surface area (Å²) in [6.07, 6.45) is 0.488. The summed E-state index contributed by atoms with van der Waals surface area (Å²) in [5.41, 5.74) is 1.16. The second-order valence-electron chi connectivity index (χ2n) is 3.90. The molecule has 2 N–H and O–H groups in total. The molecule has 1 fully saturated rings. The first-order valence-electron chi connectivity index (χ1n) is 5.40. The molecule has 3 nitrogen and oxygen atoms in total. The summed E-state index contributed by atoms with van der Waals surface area (Å²) in [4.78, 5) is 0. The highest BCUT2D eigenvalue weighted by atomic mass is 16.5. The van der Waals surface area contributed by atoms with Crippen LogP contribution in [-0.2, 0) is 11.3 Å². The maximum absolute atomic E-state index is 9.66. The standard InChI is InChI=1S/C12H17NO2/c14-11-8-13-7-6-12(11)15-9-10-4-2-1-3-5-10/h1-5,11-14H,6-9H2/t11-,12+/m1/s1. The van der Waals surface area contributed by atoms with Crippen molar-refractivity contribution in [2.75, 3.05) is 13.1 Å². The van der Waals surface area contributed by atoms with Crippen molar-refractivity contribution in [1.82, 2.24) is 5.32 Å². The van der Waals surface area contributed by atoms with Crippen LogP contribution in [-0.4, -0.2) is 30.4 Å². The summed E-state index contributed by atoms with van der Waals surface area (Å²) in [5, 5.41) is 12.8. The van der Waals surface area contributed by atoms with Crippen LogP contribution in [0.3, 0.4) is 0 Å². The number of β-amino-alcohol motifs (C(OH)–C–C–N with tert-alkyl or cyclic N) is 1. The molecule has 3 heteroatoms. The van der Waals surface area contributed by atoms with Crippen LogP contribution in [0.1, 0.15) is 12.0 Å². The van der Waals surface area contributed by atoms with Gasteiger partial charge in [0.05, 0.1) is 18.8 Å². The normalized spacial score (nSPS) is 26.5. The molecule has 0 bridgehead atoms. The van der Waals surface area contributed by atoms with Gasteiger partial charge in [0.15, 0.2) is 0 Å². The Bertz CT molecular complexity index is 289. The van der Waals surface area contributed by atoms with Gasteiger partial charge < -0.3 is 15.2 Å². The van der Waals surface area contributed by atoms with E-state index in [0.29, 0.717) is 13.2 Å². The van der Waals surface area contributed by atoms with E-state index in [9.17, 15) is 5.11 Å². The van der Waals surface area contributed by atoms with E-state index in [1.54, 1.807) is 0 Å². The molecule has 1 saturated heterocycles. The second kappa shape index (κ2) is 5.26. The maximum atomic E-state index is 9.66. The maximum Gasteiger partial charge on any atom is 0.0926 e. The number of rotatable bonds is 3. The minimum Gasteiger partial charge on any atom is -0.389 e. The zero-order valence-corrected chi connectivity index (χ0v) is 8.73. The number of aliphatic hydroxyl groups is 1. The SMILES string of the molecule is O[C@@H]1CNCC[C@@H]1OCc1ccccc1. The largest absolute Gasteiger partial charge is 0.389 e. The Morgan fingerprint density at radius 1 is 1.33 bits per heavy atom. The van der Waals surface area contributed by atoms with E-state index in [0.717, 1.165) is 18.5 Å². The molecule has 0 radical (unpaired) electrons. The van der Waals surface area contributed by atoms with Gasteiger partial charge in [-0.25, -0.2) is 0 Å². The van der Waals surface area contributed by atoms with Crippen molar-refractivity contribution in [3.05, 3.63) is 35.9 Å². The Morgan fingerprint density at radius 2 is 2.13 bits per heavy atom. The third kappa shape index (κ3) is 3.02. The van der Waals surface area contributed by atoms with Crippen molar-refractivity contribution in [2.24, 2.45) is 0 Å². The molecule has 82 valence electrons. The summed E-state index contributed by atoms with van der Waals surface area (Å²) in [6, 6.07) is 10.1. The molecule has 0 spiro atoms. The molecule has 0 amide bonds. The summed E-state index contributed by atoms with van der Waals surface area (Å²) in [6.45, 7) is 2.15. The first-order valence-corrected chi connectivity index (χ1v) is 5.40. The molecule has 0 saturated carbocycles. The van der Waals surface area contributed by atoms with Gasteiger partial charge in [0.25, 0.3) is 0 Å². The molecule has 1 aromatic carbocycles. The van der Waals surface area contributed by atoms with Crippen LogP contribution in [0.15, 0.2) is 30.3 Å². The van der Waals surface area contributed by atoms with Crippen LogP contribution >= 0.6 is 0 Å². The average molecular weight is 207 g/mol. The molecule has 15 heavy (non-hydrogen) atoms. The fourth-order valence-corrected chi connectivity index (χ4v) is 1.79. The smallest absolute Gasteiger partial charge is 0.0926 e. The molecule has 2 rings (SSSR count). The highest BCUT2D eigenvalue weighted by Gasteiger charge is 2.22. The van der Waals surface area contributed by atoms with Gasteiger partial charge in [0.1, 0.15) is 0 Å². The van der Waals surface area contributed by atoms with Gasteiger partial charge in [-0.1, -0.05) is 30.3 Å². The quantitative estimate of drug-likeness (QED) is 0.774. The zero-order chi connectivity index (χ0) is 10.5. The van der Waals surface area contributed by atoms with Crippen molar-refractivity contribution in [1.29, 1.82) is 0 Å². The number of hydrogen-bond donors (Lipinski definition) is 2. The van der Waals surface area contributed by atoms with Gasteiger partial charge in [-0.15, -0.1) is 0 Å². The third-order valence-electron chi connectivity index (χ3n) is 2.70. The van der Waals surface area contributed by atoms with E-state index >= 15 is 0 Å². The van der Waals surface area contributed by atoms with Gasteiger partial charge in [0.2, 0.25) is 0 Å². The van der Waals surface area contributed by atoms with Crippen LogP contribution < -0.4 is 5.32 Å². The van der Waals surface area contributed by atoms with Gasteiger partial charge in [0, 0.05) is 6.54 Å². The van der Waals surface area contributed by atoms with E-state index < -0.39 is 0 Å². The number of nitrogens with one attached hydrogen (secondary N) is 1. The van der Waals surface area contributed by atoms with E-state index in [1.807, 2.05) is 30.3 Å². The van der Waals surface area contributed by atoms with Crippen LogP contribution in [0.25, 0.3) is 0 Å². The molecular formula is C12H17NO2. The fraction of sp³-hybridized carbons (Fsp3) is 0.500. The summed E-state index contributed by atoms with van der Waals surface area (Å²) < 4.78 is 5.69. The van der Waals surface area contributed by atoms with Gasteiger partial charge in [-0.3, -0.25) is 0 Å². The Kier molecular flexibility index (Phi) is 3.72. The minimum absolute atomic E-state index is 0.0218. The van der Waals surface area contributed by atoms with Crippen molar-refractivity contribution in [3.8, 4) is 0 Å². The lowest BCUT2D eigenvalue weighted by Gasteiger charge is -2.28. The molecule has 0 aromatic heterocycles. The first kappa shape index (κ1) is 10.6. The topological polar surface area (TPSA) is 41.5 Å². The van der Waals surface area contributed by atoms with Crippen molar-refractivity contribution < 1.29 is 9.84 Å². The first-order chi connectivity index (χ1) is 7.36. The molecular weight excluding hydrogens is 190 g/mol. The molecule has 0 unspecified atom stereocenters. The van der Waals surface area contributed by atoms with Gasteiger partial charge >= 0.3 is 0 Å². The second-order valence-corrected chi connectivity index (χ2v) is 3.90. The number of hydrogen-bond acceptors (Lipinski definition) is 3. The summed E-state index contributed by atoms with van der Waals surface area (Å²) in [5.74, 6) is 0. The van der Waals surface area contributed by atoms with E-state index in [1.165, 1.54) is 0 Å². The van der Waals surface area contributed by atoms with Crippen molar-refractivity contribution in [3.63, 3.8) is 0 Å². The lowest BCUT2D eigenvalue weighted by atomic mass is 10.1. The number of piperidine rings is 1. The van der Waals surface area contributed by atoms with Crippen LogP contribution in [0.5, 0.6) is 0 Å². The Labute approximate surface area is 90.1 Å². The highest BCUT2D eigenvalue weighted by molar-refractivity contribution is 5.13. The number of aliphatic hydroxyl groups excluding tert-OH is 1. The van der Waals surface area contributed by atoms with Crippen molar-refractivity contribution in [2.45, 2.75) is 25.2 Å². The van der Waals surface area contributed by atoms with Crippen LogP contribution in [0, 0.1) is 0 Å². The lowest BCUT2D eigenvalue weighted by Crippen LogP contribution is -2.45. The summed E-state index contributed by atoms with van der Waals surface area (Å²) >= 11 is 0. The lowest BCUT2D eigenvalue weighted by molar-refractivity contribution is -0.0594. The van der Waals surface area contributed by atoms with Gasteiger partial charge in [-0.2, -0.15) is 0 Å². The van der Waals surface area contributed by atoms with Crippen LogP contribution in [0.2, 0.25) is 0 Å². The van der Waals surface area contributed by atoms with Crippen molar-refractivity contribution >= 4 is 0 Å². The average Bonchev–Trinajstić information content (AvgIpc) is 2.29. The third-order valence-corrected chi connectivity index (χ3v) is 2.70. The monoisotopic (exact) mass is 207 g/mol. The van der Waals surface area contributed by atoms with Crippen LogP contribution in [0.4, 0.5) is 0 Å². The molecule has 1 aliphatic rings. The molecule has 1 heterocycles. The van der Waals surface area contributed by atoms with Gasteiger partial charge in [-0.05, 0) is 18.5 Å². The molecule has 1 aromatic rings. The Balaban J connectivity index is 1.82. The highest BCUT2D eigenvalue weighted by Crippen LogP contribution is 2.11. The summed E-state index contributed by atoms with van der Waals surface area (Å²) in [7, 11) is 0. The zero-order valence-electron chi connectivity index (χ0n) is 8.73. The molecule has 2 atom stereocenters. The molecule has 1 aliphatic heterocycles.